The molecule has 2 aliphatic heterocycles. The van der Waals surface area contributed by atoms with E-state index in [1.165, 1.54) is 0 Å². The van der Waals surface area contributed by atoms with Gasteiger partial charge < -0.3 is 19.7 Å². The van der Waals surface area contributed by atoms with Crippen LogP contribution >= 0.6 is 0 Å². The summed E-state index contributed by atoms with van der Waals surface area (Å²) in [6, 6.07) is 7.32. The number of carbonyl (C=O) groups is 1. The van der Waals surface area contributed by atoms with Crippen molar-refractivity contribution in [2.45, 2.75) is 18.4 Å². The van der Waals surface area contributed by atoms with E-state index in [4.69, 9.17) is 9.47 Å². The molecule has 0 aromatic heterocycles. The third-order valence-corrected chi connectivity index (χ3v) is 4.04. The van der Waals surface area contributed by atoms with Crippen LogP contribution in [0.1, 0.15) is 23.2 Å². The fourth-order valence-corrected chi connectivity index (χ4v) is 2.59. The Hall–Kier alpha value is -2.26. The molecule has 0 bridgehead atoms. The molecule has 0 saturated carbocycles. The molecule has 6 nitrogen and oxygen atoms in total. The number of fused-ring (bicyclic) bond motifs is 1. The number of likely N-dealkylation sites (tertiary alicyclic amines) is 1. The van der Waals surface area contributed by atoms with E-state index in [2.05, 4.69) is 16.3 Å². The van der Waals surface area contributed by atoms with Crippen molar-refractivity contribution in [3.63, 3.8) is 0 Å². The molecule has 1 N–H and O–H groups in total. The second kappa shape index (κ2) is 5.26. The number of nitrogens with one attached hydrogen (secondary N) is 1. The second-order valence-corrected chi connectivity index (χ2v) is 5.52. The van der Waals surface area contributed by atoms with Gasteiger partial charge in [-0.3, -0.25) is 4.79 Å². The van der Waals surface area contributed by atoms with Crippen molar-refractivity contribution in [1.29, 1.82) is 5.26 Å². The minimum atomic E-state index is -0.778. The Kier molecular flexibility index (Phi) is 3.43. The average molecular weight is 287 g/mol. The van der Waals surface area contributed by atoms with Crippen molar-refractivity contribution >= 4 is 5.91 Å². The van der Waals surface area contributed by atoms with Crippen LogP contribution in [0.4, 0.5) is 0 Å². The normalized spacial score (nSPS) is 19.8. The van der Waals surface area contributed by atoms with E-state index in [0.29, 0.717) is 29.9 Å². The first-order chi connectivity index (χ1) is 10.1. The molecule has 21 heavy (non-hydrogen) atoms. The molecular formula is C15H17N3O3. The predicted octanol–water partition coefficient (Wildman–Crippen LogP) is 1.13. The maximum Gasteiger partial charge on any atom is 0.252 e. The van der Waals surface area contributed by atoms with E-state index in [1.54, 1.807) is 18.2 Å². The standard InChI is InChI=1S/C15H17N3O3/c1-18-6-4-15(9-16,5-7-18)17-14(19)11-2-3-12-13(8-11)21-10-20-12/h2-3,8H,4-7,10H2,1H3,(H,17,19). The summed E-state index contributed by atoms with van der Waals surface area (Å²) in [6.07, 6.45) is 1.27. The lowest BCUT2D eigenvalue weighted by atomic mass is 9.89. The smallest absolute Gasteiger partial charge is 0.252 e. The van der Waals surface area contributed by atoms with Crippen molar-refractivity contribution in [1.82, 2.24) is 10.2 Å². The molecular weight excluding hydrogens is 270 g/mol. The third kappa shape index (κ3) is 2.65. The lowest BCUT2D eigenvalue weighted by Crippen LogP contribution is -2.53. The fourth-order valence-electron chi connectivity index (χ4n) is 2.59. The van der Waals surface area contributed by atoms with E-state index < -0.39 is 5.54 Å². The van der Waals surface area contributed by atoms with Crippen LogP contribution in [0.3, 0.4) is 0 Å². The minimum Gasteiger partial charge on any atom is -0.454 e. The van der Waals surface area contributed by atoms with Crippen LogP contribution in [0.15, 0.2) is 18.2 Å². The highest BCUT2D eigenvalue weighted by Crippen LogP contribution is 2.32. The van der Waals surface area contributed by atoms with Crippen LogP contribution in [-0.2, 0) is 0 Å². The maximum atomic E-state index is 12.4. The second-order valence-electron chi connectivity index (χ2n) is 5.52. The zero-order valence-corrected chi connectivity index (χ0v) is 11.9. The molecule has 0 aliphatic carbocycles. The number of nitrogens with zero attached hydrogens (tertiary/aromatic N) is 2. The molecule has 110 valence electrons. The highest BCUT2D eigenvalue weighted by molar-refractivity contribution is 5.95. The largest absolute Gasteiger partial charge is 0.454 e. The van der Waals surface area contributed by atoms with Gasteiger partial charge in [-0.15, -0.1) is 0 Å². The lowest BCUT2D eigenvalue weighted by molar-refractivity contribution is 0.0881. The third-order valence-electron chi connectivity index (χ3n) is 4.04. The lowest BCUT2D eigenvalue weighted by Gasteiger charge is -2.36. The number of rotatable bonds is 2. The Bertz CT molecular complexity index is 601. The summed E-state index contributed by atoms with van der Waals surface area (Å²) in [5.74, 6) is 0.956. The monoisotopic (exact) mass is 287 g/mol. The van der Waals surface area contributed by atoms with Gasteiger partial charge in [-0.25, -0.2) is 0 Å². The Morgan fingerprint density at radius 3 is 2.76 bits per heavy atom. The first kappa shape index (κ1) is 13.7. The predicted molar refractivity (Wildman–Crippen MR) is 75.1 cm³/mol. The maximum absolute atomic E-state index is 12.4. The van der Waals surface area contributed by atoms with Crippen LogP contribution in [-0.4, -0.2) is 43.3 Å². The molecule has 0 unspecified atom stereocenters. The SMILES string of the molecule is CN1CCC(C#N)(NC(=O)c2ccc3c(c2)OCO3)CC1. The zero-order chi connectivity index (χ0) is 14.9. The average Bonchev–Trinajstić information content (AvgIpc) is 2.97. The number of benzene rings is 1. The number of nitriles is 1. The van der Waals surface area contributed by atoms with Crippen LogP contribution in [0.25, 0.3) is 0 Å². The van der Waals surface area contributed by atoms with E-state index in [-0.39, 0.29) is 12.7 Å². The van der Waals surface area contributed by atoms with Crippen LogP contribution in [0.5, 0.6) is 11.5 Å². The summed E-state index contributed by atoms with van der Waals surface area (Å²) in [6.45, 7) is 1.78. The number of ether oxygens (including phenoxy) is 2. The van der Waals surface area contributed by atoms with Crippen molar-refractivity contribution in [2.24, 2.45) is 0 Å². The van der Waals surface area contributed by atoms with Gasteiger partial charge in [0.05, 0.1) is 6.07 Å². The number of piperidine rings is 1. The van der Waals surface area contributed by atoms with Gasteiger partial charge in [0, 0.05) is 18.7 Å². The van der Waals surface area contributed by atoms with Gasteiger partial charge in [0.1, 0.15) is 5.54 Å². The molecule has 1 amide bonds. The van der Waals surface area contributed by atoms with E-state index in [0.717, 1.165) is 13.1 Å². The van der Waals surface area contributed by atoms with Gasteiger partial charge in [0.2, 0.25) is 6.79 Å². The molecule has 1 aromatic carbocycles. The van der Waals surface area contributed by atoms with Gasteiger partial charge >= 0.3 is 0 Å². The molecule has 0 spiro atoms. The Labute approximate surface area is 123 Å². The molecule has 0 radical (unpaired) electrons. The van der Waals surface area contributed by atoms with Gasteiger partial charge in [-0.2, -0.15) is 5.26 Å². The van der Waals surface area contributed by atoms with Crippen molar-refractivity contribution in [2.75, 3.05) is 26.9 Å². The molecule has 2 heterocycles. The van der Waals surface area contributed by atoms with Crippen LogP contribution in [0, 0.1) is 11.3 Å². The molecule has 1 saturated heterocycles. The Morgan fingerprint density at radius 1 is 1.33 bits per heavy atom. The van der Waals surface area contributed by atoms with E-state index in [1.807, 2.05) is 7.05 Å². The van der Waals surface area contributed by atoms with E-state index in [9.17, 15) is 10.1 Å². The zero-order valence-electron chi connectivity index (χ0n) is 11.9. The summed E-state index contributed by atoms with van der Waals surface area (Å²) in [7, 11) is 2.01. The number of carbonyl (C=O) groups excluding carboxylic acids is 1. The highest BCUT2D eigenvalue weighted by Gasteiger charge is 2.35. The first-order valence-corrected chi connectivity index (χ1v) is 6.94. The fraction of sp³-hybridized carbons (Fsp3) is 0.467. The van der Waals surface area contributed by atoms with E-state index >= 15 is 0 Å². The Morgan fingerprint density at radius 2 is 2.05 bits per heavy atom. The highest BCUT2D eigenvalue weighted by atomic mass is 16.7. The van der Waals surface area contributed by atoms with Crippen molar-refractivity contribution in [3.8, 4) is 17.6 Å². The summed E-state index contributed by atoms with van der Waals surface area (Å²) in [5, 5.41) is 12.3. The summed E-state index contributed by atoms with van der Waals surface area (Å²) in [4.78, 5) is 14.5. The molecule has 1 fully saturated rings. The number of hydrogen-bond donors (Lipinski definition) is 1. The molecule has 2 aliphatic rings. The van der Waals surface area contributed by atoms with Gasteiger partial charge in [0.25, 0.3) is 5.91 Å². The van der Waals surface area contributed by atoms with Crippen molar-refractivity contribution < 1.29 is 14.3 Å². The van der Waals surface area contributed by atoms with Gasteiger partial charge in [-0.1, -0.05) is 0 Å². The van der Waals surface area contributed by atoms with Gasteiger partial charge in [0.15, 0.2) is 11.5 Å². The van der Waals surface area contributed by atoms with Crippen LogP contribution < -0.4 is 14.8 Å². The van der Waals surface area contributed by atoms with Gasteiger partial charge in [-0.05, 0) is 38.1 Å². The molecule has 3 rings (SSSR count). The summed E-state index contributed by atoms with van der Waals surface area (Å²) >= 11 is 0. The minimum absolute atomic E-state index is 0.175. The quantitative estimate of drug-likeness (QED) is 0.882. The Balaban J connectivity index is 1.75. The summed E-state index contributed by atoms with van der Waals surface area (Å²) in [5.41, 5.74) is -0.298. The first-order valence-electron chi connectivity index (χ1n) is 6.94. The molecule has 6 heteroatoms. The van der Waals surface area contributed by atoms with Crippen molar-refractivity contribution in [3.05, 3.63) is 23.8 Å². The molecule has 1 aromatic rings. The number of hydrogen-bond acceptors (Lipinski definition) is 5. The number of amides is 1. The van der Waals surface area contributed by atoms with Crippen LogP contribution in [0.2, 0.25) is 0 Å². The molecule has 0 atom stereocenters. The summed E-state index contributed by atoms with van der Waals surface area (Å²) < 4.78 is 10.5. The topological polar surface area (TPSA) is 74.6 Å².